The highest BCUT2D eigenvalue weighted by atomic mass is 16.6. The predicted molar refractivity (Wildman–Crippen MR) is 31.3 cm³/mol. The largest absolute Gasteiger partial charge is 0.351 e. The Morgan fingerprint density at radius 3 is 2.89 bits per heavy atom. The number of hydrogen-bond acceptors (Lipinski definition) is 3. The van der Waals surface area contributed by atoms with Gasteiger partial charge in [-0.15, -0.1) is 0 Å². The predicted octanol–water partition coefficient (Wildman–Crippen LogP) is -0.845. The Bertz CT molecular complexity index is 112. The molecule has 0 heterocycles. The van der Waals surface area contributed by atoms with E-state index in [-0.39, 0.29) is 12.5 Å². The second-order valence-corrected chi connectivity index (χ2v) is 2.15. The zero-order valence-electron chi connectivity index (χ0n) is 5.09. The Hall–Kier alpha value is -0.610. The van der Waals surface area contributed by atoms with E-state index in [1.54, 1.807) is 0 Å². The first-order chi connectivity index (χ1) is 4.33. The van der Waals surface area contributed by atoms with Gasteiger partial charge in [-0.3, -0.25) is 9.63 Å². The molecule has 4 heteroatoms. The smallest absolute Gasteiger partial charge is 0.248 e. The molecule has 1 saturated carbocycles. The molecule has 1 aliphatic rings. The molecule has 1 aliphatic carbocycles. The summed E-state index contributed by atoms with van der Waals surface area (Å²) in [6, 6.07) is 0.396. The molecule has 0 aromatic carbocycles. The van der Waals surface area contributed by atoms with Crippen LogP contribution in [0.1, 0.15) is 12.8 Å². The molecule has 9 heavy (non-hydrogen) atoms. The Morgan fingerprint density at radius 1 is 1.78 bits per heavy atom. The summed E-state index contributed by atoms with van der Waals surface area (Å²) in [5, 5.41) is 2.71. The van der Waals surface area contributed by atoms with E-state index < -0.39 is 0 Å². The van der Waals surface area contributed by atoms with Crippen LogP contribution in [0.3, 0.4) is 0 Å². The summed E-state index contributed by atoms with van der Waals surface area (Å²) in [5.74, 6) is 4.54. The summed E-state index contributed by atoms with van der Waals surface area (Å²) in [6.45, 7) is -0.0312. The van der Waals surface area contributed by atoms with Crippen molar-refractivity contribution in [2.24, 2.45) is 5.90 Å². The molecular weight excluding hydrogens is 120 g/mol. The van der Waals surface area contributed by atoms with Crippen LogP contribution in [0.2, 0.25) is 0 Å². The average molecular weight is 130 g/mol. The maximum absolute atomic E-state index is 10.6. The number of carbonyl (C=O) groups excluding carboxylic acids is 1. The van der Waals surface area contributed by atoms with Gasteiger partial charge in [0.1, 0.15) is 6.61 Å². The van der Waals surface area contributed by atoms with Crippen LogP contribution in [0.25, 0.3) is 0 Å². The lowest BCUT2D eigenvalue weighted by Gasteiger charge is -1.98. The zero-order valence-corrected chi connectivity index (χ0v) is 5.09. The van der Waals surface area contributed by atoms with E-state index in [0.717, 1.165) is 12.8 Å². The average Bonchev–Trinajstić information content (AvgIpc) is 2.50. The van der Waals surface area contributed by atoms with E-state index in [1.165, 1.54) is 0 Å². The minimum absolute atomic E-state index is 0.0312. The van der Waals surface area contributed by atoms with Gasteiger partial charge in [-0.05, 0) is 12.8 Å². The summed E-state index contributed by atoms with van der Waals surface area (Å²) < 4.78 is 0. The fraction of sp³-hybridized carbons (Fsp3) is 0.800. The Labute approximate surface area is 53.3 Å². The van der Waals surface area contributed by atoms with Gasteiger partial charge in [-0.25, -0.2) is 5.90 Å². The molecule has 0 aliphatic heterocycles. The van der Waals surface area contributed by atoms with E-state index in [9.17, 15) is 4.79 Å². The maximum Gasteiger partial charge on any atom is 0.248 e. The molecule has 3 N–H and O–H groups in total. The van der Waals surface area contributed by atoms with Crippen molar-refractivity contribution in [2.45, 2.75) is 18.9 Å². The van der Waals surface area contributed by atoms with E-state index in [0.29, 0.717) is 6.04 Å². The number of hydrogen-bond donors (Lipinski definition) is 2. The van der Waals surface area contributed by atoms with Crippen LogP contribution in [0.15, 0.2) is 0 Å². The van der Waals surface area contributed by atoms with Crippen molar-refractivity contribution in [1.29, 1.82) is 0 Å². The first-order valence-electron chi connectivity index (χ1n) is 2.94. The standard InChI is InChI=1S/C5H10N2O2/c6-9-3-5(8)7-4-1-2-4/h4H,1-3,6H2,(H,7,8). The number of nitrogens with one attached hydrogen (secondary N) is 1. The highest BCUT2D eigenvalue weighted by molar-refractivity contribution is 5.77. The SMILES string of the molecule is NOCC(=O)NC1CC1. The van der Waals surface area contributed by atoms with Gasteiger partial charge in [0.25, 0.3) is 0 Å². The van der Waals surface area contributed by atoms with Gasteiger partial charge in [0.2, 0.25) is 5.91 Å². The molecule has 1 amide bonds. The molecule has 0 aromatic rings. The second kappa shape index (κ2) is 2.80. The highest BCUT2D eigenvalue weighted by Gasteiger charge is 2.22. The lowest BCUT2D eigenvalue weighted by Crippen LogP contribution is -2.30. The summed E-state index contributed by atoms with van der Waals surface area (Å²) in [6.07, 6.45) is 2.19. The van der Waals surface area contributed by atoms with Crippen LogP contribution < -0.4 is 11.2 Å². The molecule has 0 unspecified atom stereocenters. The number of rotatable bonds is 3. The van der Waals surface area contributed by atoms with Crippen molar-refractivity contribution in [1.82, 2.24) is 5.32 Å². The van der Waals surface area contributed by atoms with Crippen LogP contribution >= 0.6 is 0 Å². The van der Waals surface area contributed by atoms with Crippen molar-refractivity contribution in [3.63, 3.8) is 0 Å². The summed E-state index contributed by atoms with van der Waals surface area (Å²) in [4.78, 5) is 14.7. The third-order valence-electron chi connectivity index (χ3n) is 1.16. The molecular formula is C5H10N2O2. The maximum atomic E-state index is 10.6. The van der Waals surface area contributed by atoms with E-state index >= 15 is 0 Å². The molecule has 0 bridgehead atoms. The van der Waals surface area contributed by atoms with Crippen molar-refractivity contribution in [2.75, 3.05) is 6.61 Å². The summed E-state index contributed by atoms with van der Waals surface area (Å²) in [7, 11) is 0. The lowest BCUT2D eigenvalue weighted by atomic mass is 10.6. The molecule has 52 valence electrons. The quantitative estimate of drug-likeness (QED) is 0.489. The van der Waals surface area contributed by atoms with Crippen LogP contribution in [0, 0.1) is 0 Å². The molecule has 0 radical (unpaired) electrons. The fourth-order valence-electron chi connectivity index (χ4n) is 0.573. The highest BCUT2D eigenvalue weighted by Crippen LogP contribution is 2.18. The van der Waals surface area contributed by atoms with Crippen LogP contribution in [0.5, 0.6) is 0 Å². The zero-order chi connectivity index (χ0) is 6.69. The molecule has 4 nitrogen and oxygen atoms in total. The molecule has 0 saturated heterocycles. The van der Waals surface area contributed by atoms with Gasteiger partial charge >= 0.3 is 0 Å². The Kier molecular flexibility index (Phi) is 2.02. The first kappa shape index (κ1) is 6.51. The molecule has 1 fully saturated rings. The van der Waals surface area contributed by atoms with Gasteiger partial charge < -0.3 is 5.32 Å². The topological polar surface area (TPSA) is 64.3 Å². The lowest BCUT2D eigenvalue weighted by molar-refractivity contribution is -0.125. The number of nitrogens with two attached hydrogens (primary N) is 1. The third-order valence-corrected chi connectivity index (χ3v) is 1.16. The van der Waals surface area contributed by atoms with Gasteiger partial charge in [0, 0.05) is 6.04 Å². The number of carbonyl (C=O) groups is 1. The van der Waals surface area contributed by atoms with Gasteiger partial charge in [0.05, 0.1) is 0 Å². The normalized spacial score (nSPS) is 17.4. The molecule has 0 aromatic heterocycles. The van der Waals surface area contributed by atoms with Crippen molar-refractivity contribution < 1.29 is 9.63 Å². The Morgan fingerprint density at radius 2 is 2.44 bits per heavy atom. The van der Waals surface area contributed by atoms with Crippen LogP contribution in [0.4, 0.5) is 0 Å². The van der Waals surface area contributed by atoms with E-state index in [2.05, 4.69) is 16.1 Å². The Balaban J connectivity index is 2.02. The van der Waals surface area contributed by atoms with Crippen LogP contribution in [-0.4, -0.2) is 18.6 Å². The monoisotopic (exact) mass is 130 g/mol. The van der Waals surface area contributed by atoms with Gasteiger partial charge in [0.15, 0.2) is 0 Å². The summed E-state index contributed by atoms with van der Waals surface area (Å²) in [5.41, 5.74) is 0. The van der Waals surface area contributed by atoms with Gasteiger partial charge in [-0.1, -0.05) is 0 Å². The van der Waals surface area contributed by atoms with Crippen molar-refractivity contribution >= 4 is 5.91 Å². The van der Waals surface area contributed by atoms with Crippen molar-refractivity contribution in [3.8, 4) is 0 Å². The van der Waals surface area contributed by atoms with E-state index in [4.69, 9.17) is 0 Å². The van der Waals surface area contributed by atoms with Crippen molar-refractivity contribution in [3.05, 3.63) is 0 Å². The third kappa shape index (κ3) is 2.43. The fourth-order valence-corrected chi connectivity index (χ4v) is 0.573. The minimum Gasteiger partial charge on any atom is -0.351 e. The molecule has 0 spiro atoms. The van der Waals surface area contributed by atoms with Gasteiger partial charge in [-0.2, -0.15) is 0 Å². The molecule has 1 rings (SSSR count). The van der Waals surface area contributed by atoms with E-state index in [1.807, 2.05) is 0 Å². The summed E-state index contributed by atoms with van der Waals surface area (Å²) >= 11 is 0. The second-order valence-electron chi connectivity index (χ2n) is 2.15. The molecule has 0 atom stereocenters. The van der Waals surface area contributed by atoms with Crippen LogP contribution in [-0.2, 0) is 9.63 Å². The first-order valence-corrected chi connectivity index (χ1v) is 2.94. The minimum atomic E-state index is -0.125. The number of amides is 1.